The second kappa shape index (κ2) is 5.71. The summed E-state index contributed by atoms with van der Waals surface area (Å²) < 4.78 is 10.6. The normalized spacial score (nSPS) is 25.7. The molecule has 3 rings (SSSR count). The van der Waals surface area contributed by atoms with Gasteiger partial charge in [-0.3, -0.25) is 9.69 Å². The Morgan fingerprint density at radius 1 is 1.29 bits per heavy atom. The molecule has 0 spiro atoms. The molecule has 2 aliphatic heterocycles. The number of rotatable bonds is 3. The lowest BCUT2D eigenvalue weighted by molar-refractivity contribution is -0.133. The van der Waals surface area contributed by atoms with Crippen molar-refractivity contribution in [3.8, 4) is 0 Å². The lowest BCUT2D eigenvalue weighted by Gasteiger charge is -2.24. The molecule has 7 heteroatoms. The van der Waals surface area contributed by atoms with Gasteiger partial charge in [0.15, 0.2) is 0 Å². The number of cyclic esters (lactones) is 1. The second-order valence-electron chi connectivity index (χ2n) is 5.05. The number of carbonyl (C=O) groups is 2. The lowest BCUT2D eigenvalue weighted by Crippen LogP contribution is -2.38. The van der Waals surface area contributed by atoms with Crippen LogP contribution in [0.15, 0.2) is 24.3 Å². The maximum Gasteiger partial charge on any atom is 0.414 e. The van der Waals surface area contributed by atoms with Gasteiger partial charge in [0.1, 0.15) is 18.8 Å². The predicted molar refractivity (Wildman–Crippen MR) is 74.8 cm³/mol. The molecule has 2 atom stereocenters. The van der Waals surface area contributed by atoms with E-state index in [4.69, 9.17) is 15.2 Å². The molecular weight excluding hydrogens is 274 g/mol. The predicted octanol–water partition coefficient (Wildman–Crippen LogP) is 0.158. The van der Waals surface area contributed by atoms with Gasteiger partial charge in [-0.1, -0.05) is 12.1 Å². The standard InChI is InChI=1S/C14H17N3O4/c15-5-11-7-17(14(19)21-11)10-3-1-9(2-4-10)12-6-16-13(18)8-20-12/h1-4,11-12H,5-8,15H2,(H,16,18)/t11-,12?/m0/s1. The molecule has 2 saturated heterocycles. The summed E-state index contributed by atoms with van der Waals surface area (Å²) in [6.07, 6.45) is -0.785. The zero-order valence-corrected chi connectivity index (χ0v) is 11.5. The molecule has 2 fully saturated rings. The fourth-order valence-corrected chi connectivity index (χ4v) is 2.43. The third kappa shape index (κ3) is 2.84. The molecule has 2 aliphatic rings. The molecule has 1 unspecified atom stereocenters. The number of anilines is 1. The van der Waals surface area contributed by atoms with E-state index in [1.807, 2.05) is 24.3 Å². The fourth-order valence-electron chi connectivity index (χ4n) is 2.43. The molecule has 0 saturated carbocycles. The molecule has 0 bridgehead atoms. The van der Waals surface area contributed by atoms with Crippen LogP contribution < -0.4 is 16.0 Å². The Morgan fingerprint density at radius 3 is 2.62 bits per heavy atom. The number of amides is 2. The van der Waals surface area contributed by atoms with Crippen LogP contribution in [0.5, 0.6) is 0 Å². The summed E-state index contributed by atoms with van der Waals surface area (Å²) in [7, 11) is 0. The SMILES string of the molecule is NC[C@H]1CN(c2ccc(C3CNC(=O)CO3)cc2)C(=O)O1. The summed E-state index contributed by atoms with van der Waals surface area (Å²) in [5.41, 5.74) is 7.24. The average Bonchev–Trinajstić information content (AvgIpc) is 2.89. The van der Waals surface area contributed by atoms with Gasteiger partial charge in [0.25, 0.3) is 0 Å². The number of nitrogens with one attached hydrogen (secondary N) is 1. The van der Waals surface area contributed by atoms with Crippen molar-refractivity contribution in [2.24, 2.45) is 5.73 Å². The van der Waals surface area contributed by atoms with Crippen molar-refractivity contribution in [1.29, 1.82) is 0 Å². The highest BCUT2D eigenvalue weighted by molar-refractivity contribution is 5.89. The van der Waals surface area contributed by atoms with Crippen molar-refractivity contribution in [3.05, 3.63) is 29.8 Å². The number of nitrogens with zero attached hydrogens (tertiary/aromatic N) is 1. The molecule has 21 heavy (non-hydrogen) atoms. The zero-order chi connectivity index (χ0) is 14.8. The molecule has 7 nitrogen and oxygen atoms in total. The monoisotopic (exact) mass is 291 g/mol. The molecule has 2 amide bonds. The fraction of sp³-hybridized carbons (Fsp3) is 0.429. The van der Waals surface area contributed by atoms with Crippen LogP contribution in [0.2, 0.25) is 0 Å². The van der Waals surface area contributed by atoms with E-state index >= 15 is 0 Å². The maximum absolute atomic E-state index is 11.7. The van der Waals surface area contributed by atoms with Crippen LogP contribution in [0.4, 0.5) is 10.5 Å². The minimum absolute atomic E-state index is 0.0725. The zero-order valence-electron chi connectivity index (χ0n) is 11.5. The third-order valence-electron chi connectivity index (χ3n) is 3.61. The summed E-state index contributed by atoms with van der Waals surface area (Å²) in [6.45, 7) is 1.31. The van der Waals surface area contributed by atoms with Crippen molar-refractivity contribution in [2.75, 3.05) is 31.1 Å². The Kier molecular flexibility index (Phi) is 3.76. The number of morpholine rings is 1. The number of hydrogen-bond donors (Lipinski definition) is 2. The van der Waals surface area contributed by atoms with Crippen molar-refractivity contribution < 1.29 is 19.1 Å². The highest BCUT2D eigenvalue weighted by Crippen LogP contribution is 2.25. The van der Waals surface area contributed by atoms with Crippen LogP contribution in [0.25, 0.3) is 0 Å². The molecule has 1 aromatic rings. The first-order valence-electron chi connectivity index (χ1n) is 6.84. The molecule has 0 aromatic heterocycles. The van der Waals surface area contributed by atoms with E-state index in [9.17, 15) is 9.59 Å². The summed E-state index contributed by atoms with van der Waals surface area (Å²) in [6, 6.07) is 7.46. The van der Waals surface area contributed by atoms with E-state index in [-0.39, 0.29) is 30.8 Å². The number of benzene rings is 1. The summed E-state index contributed by atoms with van der Waals surface area (Å²) in [5.74, 6) is -0.101. The molecule has 0 aliphatic carbocycles. The van der Waals surface area contributed by atoms with E-state index in [2.05, 4.69) is 5.32 Å². The summed E-state index contributed by atoms with van der Waals surface area (Å²) >= 11 is 0. The van der Waals surface area contributed by atoms with E-state index in [1.54, 1.807) is 4.90 Å². The summed E-state index contributed by atoms with van der Waals surface area (Å²) in [4.78, 5) is 24.4. The van der Waals surface area contributed by atoms with E-state index in [1.165, 1.54) is 0 Å². The van der Waals surface area contributed by atoms with Gasteiger partial charge in [-0.15, -0.1) is 0 Å². The first kappa shape index (κ1) is 13.8. The molecule has 0 radical (unpaired) electrons. The topological polar surface area (TPSA) is 93.9 Å². The minimum atomic E-state index is -0.376. The van der Waals surface area contributed by atoms with E-state index < -0.39 is 0 Å². The largest absolute Gasteiger partial charge is 0.443 e. The van der Waals surface area contributed by atoms with Crippen LogP contribution in [-0.2, 0) is 14.3 Å². The van der Waals surface area contributed by atoms with Gasteiger partial charge in [0.2, 0.25) is 5.91 Å². The minimum Gasteiger partial charge on any atom is -0.443 e. The molecule has 1 aromatic carbocycles. The Hall–Kier alpha value is -2.12. The van der Waals surface area contributed by atoms with E-state index in [0.29, 0.717) is 19.6 Å². The lowest BCUT2D eigenvalue weighted by atomic mass is 10.1. The quantitative estimate of drug-likeness (QED) is 0.827. The second-order valence-corrected chi connectivity index (χ2v) is 5.05. The Bertz CT molecular complexity index is 536. The van der Waals surface area contributed by atoms with Gasteiger partial charge in [0, 0.05) is 18.8 Å². The van der Waals surface area contributed by atoms with Gasteiger partial charge in [-0.2, -0.15) is 0 Å². The third-order valence-corrected chi connectivity index (χ3v) is 3.61. The highest BCUT2D eigenvalue weighted by atomic mass is 16.6. The van der Waals surface area contributed by atoms with Gasteiger partial charge in [-0.25, -0.2) is 4.79 Å². The first-order chi connectivity index (χ1) is 10.2. The van der Waals surface area contributed by atoms with Crippen LogP contribution >= 0.6 is 0 Å². The van der Waals surface area contributed by atoms with Crippen LogP contribution in [0.3, 0.4) is 0 Å². The maximum atomic E-state index is 11.7. The first-order valence-corrected chi connectivity index (χ1v) is 6.84. The number of ether oxygens (including phenoxy) is 2. The number of nitrogens with two attached hydrogens (primary N) is 1. The average molecular weight is 291 g/mol. The molecule has 3 N–H and O–H groups in total. The Balaban J connectivity index is 1.69. The van der Waals surface area contributed by atoms with Crippen molar-refractivity contribution in [2.45, 2.75) is 12.2 Å². The van der Waals surface area contributed by atoms with Gasteiger partial charge in [-0.05, 0) is 17.7 Å². The smallest absolute Gasteiger partial charge is 0.414 e. The van der Waals surface area contributed by atoms with Crippen molar-refractivity contribution >= 4 is 17.7 Å². The summed E-state index contributed by atoms with van der Waals surface area (Å²) in [5, 5.41) is 2.76. The number of carbonyl (C=O) groups excluding carboxylic acids is 2. The Morgan fingerprint density at radius 2 is 2.05 bits per heavy atom. The molecule has 2 heterocycles. The van der Waals surface area contributed by atoms with Gasteiger partial charge >= 0.3 is 6.09 Å². The van der Waals surface area contributed by atoms with Gasteiger partial charge < -0.3 is 20.5 Å². The van der Waals surface area contributed by atoms with E-state index in [0.717, 1.165) is 11.3 Å². The van der Waals surface area contributed by atoms with Gasteiger partial charge in [0.05, 0.1) is 6.54 Å². The molecular formula is C14H17N3O4. The van der Waals surface area contributed by atoms with Crippen LogP contribution in [-0.4, -0.2) is 44.3 Å². The van der Waals surface area contributed by atoms with Crippen LogP contribution in [0.1, 0.15) is 11.7 Å². The molecule has 112 valence electrons. The van der Waals surface area contributed by atoms with Crippen LogP contribution in [0, 0.1) is 0 Å². The highest BCUT2D eigenvalue weighted by Gasteiger charge is 2.31. The van der Waals surface area contributed by atoms with Crippen molar-refractivity contribution in [1.82, 2.24) is 5.32 Å². The van der Waals surface area contributed by atoms with Crippen molar-refractivity contribution in [3.63, 3.8) is 0 Å². The Labute approximate surface area is 122 Å². The number of hydrogen-bond acceptors (Lipinski definition) is 5.